The highest BCUT2D eigenvalue weighted by Gasteiger charge is 2.12. The number of rotatable bonds is 1. The maximum Gasteiger partial charge on any atom is 0.201 e. The van der Waals surface area contributed by atoms with E-state index in [1.807, 2.05) is 13.8 Å². The second-order valence-corrected chi connectivity index (χ2v) is 2.69. The number of carbonyl (C=O) groups excluding carboxylic acids is 1. The van der Waals surface area contributed by atoms with Crippen molar-refractivity contribution in [1.29, 1.82) is 0 Å². The molecule has 0 aliphatic heterocycles. The Hall–Kier alpha value is -1.26. The van der Waals surface area contributed by atoms with Gasteiger partial charge >= 0.3 is 0 Å². The normalized spacial score (nSPS) is 9.92. The van der Waals surface area contributed by atoms with Crippen LogP contribution in [0.5, 0.6) is 0 Å². The van der Waals surface area contributed by atoms with Crippen LogP contribution in [0, 0.1) is 13.8 Å². The molecule has 1 N–H and O–H groups in total. The molecule has 1 aromatic rings. The average molecular weight is 163 g/mol. The first-order chi connectivity index (χ1) is 5.54. The van der Waals surface area contributed by atoms with Crippen molar-refractivity contribution in [3.05, 3.63) is 11.3 Å². The van der Waals surface area contributed by atoms with Gasteiger partial charge in [-0.1, -0.05) is 0 Å². The summed E-state index contributed by atoms with van der Waals surface area (Å²) in [5.41, 5.74) is 1.88. The van der Waals surface area contributed by atoms with Gasteiger partial charge in [0.25, 0.3) is 0 Å². The lowest BCUT2D eigenvalue weighted by Crippen LogP contribution is -2.25. The first kappa shape index (κ1) is 8.84. The first-order valence-electron chi connectivity index (χ1n) is 3.58. The fourth-order valence-electron chi connectivity index (χ4n) is 0.903. The molecule has 1 rings (SSSR count). The molecule has 0 bridgehead atoms. The summed E-state index contributed by atoms with van der Waals surface area (Å²) in [6, 6.07) is 0. The molecule has 0 aromatic carbocycles. The summed E-state index contributed by atoms with van der Waals surface area (Å²) in [7, 11) is 6.67. The van der Waals surface area contributed by atoms with Gasteiger partial charge in [0.05, 0.1) is 0 Å². The zero-order valence-corrected chi connectivity index (χ0v) is 7.38. The van der Waals surface area contributed by atoms with Gasteiger partial charge in [-0.15, -0.1) is 0 Å². The van der Waals surface area contributed by atoms with E-state index in [1.165, 1.54) is 4.90 Å². The van der Waals surface area contributed by atoms with Crippen LogP contribution in [0.3, 0.4) is 0 Å². The Balaban J connectivity index is 3.03. The number of anilines is 1. The predicted octanol–water partition coefficient (Wildman–Crippen LogP) is 0.751. The zero-order valence-electron chi connectivity index (χ0n) is 7.38. The maximum absolute atomic E-state index is 10.8. The minimum absolute atomic E-state index is 0.510. The molecule has 0 unspecified atom stereocenters. The number of aryl methyl sites for hydroxylation is 1. The van der Waals surface area contributed by atoms with Crippen LogP contribution >= 0.6 is 0 Å². The second kappa shape index (κ2) is 3.01. The number of H-pyrrole nitrogens is 1. The molecule has 0 spiro atoms. The van der Waals surface area contributed by atoms with Crippen molar-refractivity contribution in [2.45, 2.75) is 13.8 Å². The van der Waals surface area contributed by atoms with E-state index in [1.54, 1.807) is 7.05 Å². The van der Waals surface area contributed by atoms with E-state index in [9.17, 15) is 4.79 Å². The van der Waals surface area contributed by atoms with Crippen LogP contribution in [-0.4, -0.2) is 30.9 Å². The van der Waals surface area contributed by atoms with Crippen LogP contribution in [0.15, 0.2) is 0 Å². The SMILES string of the molecule is [B]C(=O)N(C)c1n[nH]c(C)c1C. The molecule has 0 atom stereocenters. The smallest absolute Gasteiger partial charge is 0.201 e. The van der Waals surface area contributed by atoms with E-state index in [4.69, 9.17) is 7.85 Å². The minimum Gasteiger partial charge on any atom is -0.308 e. The topological polar surface area (TPSA) is 49.0 Å². The van der Waals surface area contributed by atoms with Crippen LogP contribution in [-0.2, 0) is 0 Å². The van der Waals surface area contributed by atoms with Crippen molar-refractivity contribution in [3.8, 4) is 0 Å². The summed E-state index contributed by atoms with van der Waals surface area (Å²) in [5, 5.41) is 6.71. The lowest BCUT2D eigenvalue weighted by molar-refractivity contribution is 0.265. The van der Waals surface area contributed by atoms with Gasteiger partial charge in [0.1, 0.15) is 0 Å². The molecule has 1 amide bonds. The number of amides is 1. The third-order valence-corrected chi connectivity index (χ3v) is 1.88. The molecule has 0 fully saturated rings. The van der Waals surface area contributed by atoms with Gasteiger partial charge in [-0.3, -0.25) is 9.89 Å². The lowest BCUT2D eigenvalue weighted by Gasteiger charge is -2.12. The molecule has 0 saturated heterocycles. The van der Waals surface area contributed by atoms with E-state index in [0.717, 1.165) is 11.3 Å². The number of nitrogens with zero attached hydrogens (tertiary/aromatic N) is 2. The Morgan fingerprint density at radius 1 is 1.58 bits per heavy atom. The average Bonchev–Trinajstić information content (AvgIpc) is 2.32. The molecular weight excluding hydrogens is 153 g/mol. The van der Waals surface area contributed by atoms with Gasteiger partial charge in [-0.25, -0.2) is 0 Å². The maximum atomic E-state index is 10.8. The van der Waals surface area contributed by atoms with E-state index < -0.39 is 5.81 Å². The van der Waals surface area contributed by atoms with Crippen LogP contribution in [0.4, 0.5) is 10.6 Å². The zero-order chi connectivity index (χ0) is 9.30. The number of hydrogen-bond donors (Lipinski definition) is 1. The molecule has 1 heterocycles. The third-order valence-electron chi connectivity index (χ3n) is 1.88. The molecule has 0 aliphatic carbocycles. The van der Waals surface area contributed by atoms with Gasteiger partial charge in [0, 0.05) is 18.3 Å². The van der Waals surface area contributed by atoms with Gasteiger partial charge < -0.3 is 4.90 Å². The lowest BCUT2D eigenvalue weighted by atomic mass is 10.1. The summed E-state index contributed by atoms with van der Waals surface area (Å²) in [6.07, 6.45) is 0. The Labute approximate surface area is 72.4 Å². The van der Waals surface area contributed by atoms with E-state index in [-0.39, 0.29) is 0 Å². The molecular formula is C7H10BN3O. The van der Waals surface area contributed by atoms with Crippen molar-refractivity contribution in [2.75, 3.05) is 11.9 Å². The van der Waals surface area contributed by atoms with E-state index in [2.05, 4.69) is 10.2 Å². The van der Waals surface area contributed by atoms with Crippen molar-refractivity contribution in [2.24, 2.45) is 0 Å². The molecule has 0 saturated carbocycles. The molecule has 12 heavy (non-hydrogen) atoms. The Morgan fingerprint density at radius 2 is 2.17 bits per heavy atom. The summed E-state index contributed by atoms with van der Waals surface area (Å²) in [4.78, 5) is 12.1. The highest BCUT2D eigenvalue weighted by molar-refractivity contribution is 6.60. The van der Waals surface area contributed by atoms with Crippen LogP contribution < -0.4 is 4.90 Å². The molecule has 1 aromatic heterocycles. The standard InChI is InChI=1S/C7H10BN3O/c1-4-5(2)9-10-6(4)11(3)7(8)12/h1-3H3,(H,9,10). The van der Waals surface area contributed by atoms with Crippen LogP contribution in [0.1, 0.15) is 11.3 Å². The minimum atomic E-state index is -0.510. The van der Waals surface area contributed by atoms with Crippen LogP contribution in [0.2, 0.25) is 0 Å². The predicted molar refractivity (Wildman–Crippen MR) is 47.6 cm³/mol. The molecule has 62 valence electrons. The fraction of sp³-hybridized carbons (Fsp3) is 0.429. The number of carbonyl (C=O) groups is 1. The van der Waals surface area contributed by atoms with Gasteiger partial charge in [-0.2, -0.15) is 5.10 Å². The van der Waals surface area contributed by atoms with Crippen molar-refractivity contribution in [1.82, 2.24) is 10.2 Å². The van der Waals surface area contributed by atoms with Gasteiger partial charge in [0.15, 0.2) is 11.6 Å². The van der Waals surface area contributed by atoms with Crippen molar-refractivity contribution < 1.29 is 4.79 Å². The van der Waals surface area contributed by atoms with Crippen molar-refractivity contribution in [3.63, 3.8) is 0 Å². The van der Waals surface area contributed by atoms with Gasteiger partial charge in [-0.05, 0) is 13.8 Å². The number of aromatic nitrogens is 2. The van der Waals surface area contributed by atoms with E-state index in [0.29, 0.717) is 5.82 Å². The van der Waals surface area contributed by atoms with Crippen LogP contribution in [0.25, 0.3) is 0 Å². The largest absolute Gasteiger partial charge is 0.308 e. The highest BCUT2D eigenvalue weighted by atomic mass is 16.1. The molecule has 2 radical (unpaired) electrons. The second-order valence-electron chi connectivity index (χ2n) is 2.69. The number of hydrogen-bond acceptors (Lipinski definition) is 2. The first-order valence-corrected chi connectivity index (χ1v) is 3.58. The quantitative estimate of drug-likeness (QED) is 0.621. The summed E-state index contributed by atoms with van der Waals surface area (Å²) in [5.74, 6) is 0.0737. The summed E-state index contributed by atoms with van der Waals surface area (Å²) < 4.78 is 0. The Bertz CT molecular complexity index is 308. The number of nitrogens with one attached hydrogen (secondary N) is 1. The molecule has 5 heteroatoms. The van der Waals surface area contributed by atoms with E-state index >= 15 is 0 Å². The highest BCUT2D eigenvalue weighted by Crippen LogP contribution is 2.17. The monoisotopic (exact) mass is 163 g/mol. The van der Waals surface area contributed by atoms with Gasteiger partial charge in [0.2, 0.25) is 7.85 Å². The molecule has 0 aliphatic rings. The fourth-order valence-corrected chi connectivity index (χ4v) is 0.903. The summed E-state index contributed by atoms with van der Waals surface area (Å²) in [6.45, 7) is 3.77. The third kappa shape index (κ3) is 1.35. The Kier molecular flexibility index (Phi) is 2.21. The molecule has 4 nitrogen and oxygen atoms in total. The Morgan fingerprint density at radius 3 is 2.50 bits per heavy atom. The van der Waals surface area contributed by atoms with Crippen molar-refractivity contribution >= 4 is 19.5 Å². The number of aromatic amines is 1. The summed E-state index contributed by atoms with van der Waals surface area (Å²) >= 11 is 0.